The lowest BCUT2D eigenvalue weighted by Gasteiger charge is -2.18. The second-order valence-corrected chi connectivity index (χ2v) is 4.95. The van der Waals surface area contributed by atoms with Crippen LogP contribution in [0, 0.1) is 5.41 Å². The molecule has 0 saturated heterocycles. The van der Waals surface area contributed by atoms with E-state index in [9.17, 15) is 4.21 Å². The van der Waals surface area contributed by atoms with Gasteiger partial charge in [0.2, 0.25) is 0 Å². The molecule has 0 aromatic heterocycles. The van der Waals surface area contributed by atoms with Gasteiger partial charge in [0.25, 0.3) is 0 Å². The SMILES string of the molecule is CS(=O)C/C(=N\O)C(C)(C)C. The molecule has 1 atom stereocenters. The maximum atomic E-state index is 10.8. The van der Waals surface area contributed by atoms with Crippen molar-refractivity contribution in [3.8, 4) is 0 Å². The van der Waals surface area contributed by atoms with Gasteiger partial charge in [0.15, 0.2) is 0 Å². The molecule has 0 heterocycles. The van der Waals surface area contributed by atoms with E-state index < -0.39 is 10.8 Å². The lowest BCUT2D eigenvalue weighted by atomic mass is 9.91. The Labute approximate surface area is 69.9 Å². The van der Waals surface area contributed by atoms with Gasteiger partial charge in [0.05, 0.1) is 11.5 Å². The Bertz CT molecular complexity index is 181. The summed E-state index contributed by atoms with van der Waals surface area (Å²) in [5.74, 6) is 0.347. The first-order chi connectivity index (χ1) is 4.88. The third kappa shape index (κ3) is 4.14. The molecule has 0 fully saturated rings. The molecule has 0 aromatic carbocycles. The van der Waals surface area contributed by atoms with E-state index in [0.717, 1.165) is 0 Å². The monoisotopic (exact) mass is 177 g/mol. The van der Waals surface area contributed by atoms with E-state index in [2.05, 4.69) is 5.16 Å². The second-order valence-electron chi connectivity index (χ2n) is 3.51. The summed E-state index contributed by atoms with van der Waals surface area (Å²) in [6, 6.07) is 0. The summed E-state index contributed by atoms with van der Waals surface area (Å²) in [5, 5.41) is 11.7. The Morgan fingerprint density at radius 3 is 2.09 bits per heavy atom. The van der Waals surface area contributed by atoms with E-state index in [0.29, 0.717) is 11.5 Å². The van der Waals surface area contributed by atoms with Gasteiger partial charge in [0, 0.05) is 22.5 Å². The molecule has 0 bridgehead atoms. The van der Waals surface area contributed by atoms with Gasteiger partial charge in [-0.15, -0.1) is 0 Å². The number of rotatable bonds is 2. The summed E-state index contributed by atoms with van der Waals surface area (Å²) in [6.45, 7) is 5.78. The summed E-state index contributed by atoms with van der Waals surface area (Å²) in [6.07, 6.45) is 1.59. The molecule has 0 amide bonds. The van der Waals surface area contributed by atoms with Crippen molar-refractivity contribution in [2.45, 2.75) is 20.8 Å². The van der Waals surface area contributed by atoms with Crippen LogP contribution in [-0.4, -0.2) is 27.1 Å². The Morgan fingerprint density at radius 2 is 2.00 bits per heavy atom. The Kier molecular flexibility index (Phi) is 3.72. The molecule has 0 aliphatic carbocycles. The summed E-state index contributed by atoms with van der Waals surface area (Å²) in [7, 11) is -0.933. The lowest BCUT2D eigenvalue weighted by molar-refractivity contribution is 0.310. The predicted octanol–water partition coefficient (Wildman–Crippen LogP) is 1.24. The Morgan fingerprint density at radius 1 is 1.55 bits per heavy atom. The molecule has 66 valence electrons. The van der Waals surface area contributed by atoms with Crippen LogP contribution in [0.4, 0.5) is 0 Å². The maximum Gasteiger partial charge on any atom is 0.0748 e. The minimum Gasteiger partial charge on any atom is -0.411 e. The summed E-state index contributed by atoms with van der Waals surface area (Å²) in [5.41, 5.74) is 0.388. The molecule has 0 aliphatic heterocycles. The van der Waals surface area contributed by atoms with Gasteiger partial charge in [-0.2, -0.15) is 0 Å². The molecular weight excluding hydrogens is 162 g/mol. The van der Waals surface area contributed by atoms with Gasteiger partial charge in [-0.25, -0.2) is 0 Å². The lowest BCUT2D eigenvalue weighted by Crippen LogP contribution is -2.25. The molecule has 0 saturated carbocycles. The van der Waals surface area contributed by atoms with E-state index in [-0.39, 0.29) is 5.41 Å². The highest BCUT2D eigenvalue weighted by atomic mass is 32.2. The average molecular weight is 177 g/mol. The number of hydrogen-bond acceptors (Lipinski definition) is 3. The normalized spacial score (nSPS) is 16.5. The van der Waals surface area contributed by atoms with Gasteiger partial charge in [-0.05, 0) is 0 Å². The molecule has 0 aromatic rings. The molecule has 0 rings (SSSR count). The molecule has 1 N–H and O–H groups in total. The topological polar surface area (TPSA) is 49.7 Å². The minimum absolute atomic E-state index is 0.194. The van der Waals surface area contributed by atoms with Crippen molar-refractivity contribution in [3.05, 3.63) is 0 Å². The summed E-state index contributed by atoms with van der Waals surface area (Å²) >= 11 is 0. The first kappa shape index (κ1) is 10.6. The first-order valence-electron chi connectivity index (χ1n) is 3.39. The van der Waals surface area contributed by atoms with E-state index in [1.807, 2.05) is 20.8 Å². The summed E-state index contributed by atoms with van der Waals surface area (Å²) < 4.78 is 10.8. The minimum atomic E-state index is -0.933. The van der Waals surface area contributed by atoms with Crippen LogP contribution in [0.15, 0.2) is 5.16 Å². The van der Waals surface area contributed by atoms with Gasteiger partial charge >= 0.3 is 0 Å². The van der Waals surface area contributed by atoms with Crippen molar-refractivity contribution in [2.75, 3.05) is 12.0 Å². The second kappa shape index (κ2) is 3.85. The molecule has 11 heavy (non-hydrogen) atoms. The largest absolute Gasteiger partial charge is 0.411 e. The van der Waals surface area contributed by atoms with Gasteiger partial charge in [0.1, 0.15) is 0 Å². The summed E-state index contributed by atoms with van der Waals surface area (Å²) in [4.78, 5) is 0. The van der Waals surface area contributed by atoms with Crippen LogP contribution < -0.4 is 0 Å². The highest BCUT2D eigenvalue weighted by molar-refractivity contribution is 7.85. The highest BCUT2D eigenvalue weighted by Gasteiger charge is 2.20. The van der Waals surface area contributed by atoms with Crippen molar-refractivity contribution < 1.29 is 9.42 Å². The fourth-order valence-corrected chi connectivity index (χ4v) is 1.46. The predicted molar refractivity (Wildman–Crippen MR) is 47.6 cm³/mol. The molecule has 1 unspecified atom stereocenters. The van der Waals surface area contributed by atoms with Crippen LogP contribution in [-0.2, 0) is 10.8 Å². The molecule has 0 radical (unpaired) electrons. The van der Waals surface area contributed by atoms with Crippen LogP contribution in [0.2, 0.25) is 0 Å². The van der Waals surface area contributed by atoms with Crippen LogP contribution in [0.5, 0.6) is 0 Å². The zero-order chi connectivity index (χ0) is 9.07. The fraction of sp³-hybridized carbons (Fsp3) is 0.857. The van der Waals surface area contributed by atoms with Crippen molar-refractivity contribution in [3.63, 3.8) is 0 Å². The molecular formula is C7H15NO2S. The number of hydrogen-bond donors (Lipinski definition) is 1. The standard InChI is InChI=1S/C7H15NO2S/c1-7(2,3)6(8-9)5-11(4)10/h9H,5H2,1-4H3/b8-6+. The van der Waals surface area contributed by atoms with Gasteiger partial charge in [-0.3, -0.25) is 4.21 Å². The number of oxime groups is 1. The quantitative estimate of drug-likeness (QED) is 0.392. The zero-order valence-electron chi connectivity index (χ0n) is 7.42. The maximum absolute atomic E-state index is 10.8. The van der Waals surface area contributed by atoms with E-state index in [4.69, 9.17) is 5.21 Å². The Balaban J connectivity index is 4.33. The smallest absolute Gasteiger partial charge is 0.0748 e. The van der Waals surface area contributed by atoms with E-state index in [1.54, 1.807) is 6.26 Å². The van der Waals surface area contributed by atoms with Crippen LogP contribution in [0.1, 0.15) is 20.8 Å². The van der Waals surface area contributed by atoms with Crippen LogP contribution in [0.25, 0.3) is 0 Å². The highest BCUT2D eigenvalue weighted by Crippen LogP contribution is 2.16. The third-order valence-electron chi connectivity index (χ3n) is 1.33. The fourth-order valence-electron chi connectivity index (χ4n) is 0.588. The van der Waals surface area contributed by atoms with Crippen molar-refractivity contribution in [1.82, 2.24) is 0 Å². The molecule has 0 aliphatic rings. The average Bonchev–Trinajstić information content (AvgIpc) is 1.79. The first-order valence-corrected chi connectivity index (χ1v) is 5.12. The van der Waals surface area contributed by atoms with Crippen molar-refractivity contribution >= 4 is 16.5 Å². The Hall–Kier alpha value is -0.380. The van der Waals surface area contributed by atoms with E-state index >= 15 is 0 Å². The zero-order valence-corrected chi connectivity index (χ0v) is 8.23. The molecule has 0 spiro atoms. The molecule has 3 nitrogen and oxygen atoms in total. The number of nitrogens with zero attached hydrogens (tertiary/aromatic N) is 1. The molecule has 4 heteroatoms. The third-order valence-corrected chi connectivity index (χ3v) is 2.01. The van der Waals surface area contributed by atoms with Gasteiger partial charge < -0.3 is 5.21 Å². The van der Waals surface area contributed by atoms with E-state index in [1.165, 1.54) is 0 Å². The van der Waals surface area contributed by atoms with Crippen molar-refractivity contribution in [1.29, 1.82) is 0 Å². The van der Waals surface area contributed by atoms with Crippen molar-refractivity contribution in [2.24, 2.45) is 10.6 Å². The van der Waals surface area contributed by atoms with Gasteiger partial charge in [-0.1, -0.05) is 25.9 Å². The van der Waals surface area contributed by atoms with Crippen LogP contribution >= 0.6 is 0 Å². The van der Waals surface area contributed by atoms with Crippen LogP contribution in [0.3, 0.4) is 0 Å².